The third kappa shape index (κ3) is 2.61. The second-order valence-electron chi connectivity index (χ2n) is 4.20. The van der Waals surface area contributed by atoms with Crippen LogP contribution in [0, 0.1) is 11.7 Å². The van der Waals surface area contributed by atoms with Crippen LogP contribution < -0.4 is 0 Å². The minimum atomic E-state index is 0.499. The first-order valence-electron chi connectivity index (χ1n) is 6.08. The van der Waals surface area contributed by atoms with Gasteiger partial charge in [-0.15, -0.1) is 11.3 Å². The zero-order valence-electron chi connectivity index (χ0n) is 10.8. The summed E-state index contributed by atoms with van der Waals surface area (Å²) in [6.07, 6.45) is 1.80. The van der Waals surface area contributed by atoms with Crippen molar-refractivity contribution in [2.24, 2.45) is 5.10 Å². The topological polar surface area (TPSA) is 46.0 Å². The second kappa shape index (κ2) is 5.52. The molecule has 100 valence electrons. The molecule has 0 atom stereocenters. The summed E-state index contributed by atoms with van der Waals surface area (Å²) < 4.78 is 2.11. The van der Waals surface area contributed by atoms with Gasteiger partial charge in [-0.3, -0.25) is 5.10 Å². The molecule has 3 rings (SSSR count). The van der Waals surface area contributed by atoms with E-state index in [1.165, 1.54) is 10.4 Å². The average molecular weight is 300 g/mol. The Balaban J connectivity index is 1.87. The summed E-state index contributed by atoms with van der Waals surface area (Å²) in [5.74, 6) is 0.742. The number of aromatic nitrogens is 3. The van der Waals surface area contributed by atoms with Gasteiger partial charge in [0.25, 0.3) is 0 Å². The monoisotopic (exact) mass is 300 g/mol. The van der Waals surface area contributed by atoms with Crippen LogP contribution in [0.4, 0.5) is 0 Å². The Labute approximate surface area is 125 Å². The Hall–Kier alpha value is -2.05. The lowest BCUT2D eigenvalue weighted by Gasteiger charge is -1.94. The maximum atomic E-state index is 5.10. The van der Waals surface area contributed by atoms with Crippen molar-refractivity contribution in [2.45, 2.75) is 6.92 Å². The molecule has 0 fully saturated rings. The van der Waals surface area contributed by atoms with E-state index in [1.54, 1.807) is 22.2 Å². The number of nitrogens with one attached hydrogen (secondary N) is 1. The number of hydrogen-bond donors (Lipinski definition) is 1. The Bertz CT molecular complexity index is 796. The minimum absolute atomic E-state index is 0.499. The summed E-state index contributed by atoms with van der Waals surface area (Å²) in [5, 5.41) is 11.1. The van der Waals surface area contributed by atoms with E-state index in [2.05, 4.69) is 39.6 Å². The molecule has 2 heterocycles. The van der Waals surface area contributed by atoms with Crippen LogP contribution >= 0.6 is 23.6 Å². The Kier molecular flexibility index (Phi) is 3.58. The lowest BCUT2D eigenvalue weighted by Crippen LogP contribution is -1.92. The summed E-state index contributed by atoms with van der Waals surface area (Å²) >= 11 is 6.80. The molecule has 0 radical (unpaired) electrons. The van der Waals surface area contributed by atoms with Crippen molar-refractivity contribution in [3.8, 4) is 10.4 Å². The smallest absolute Gasteiger partial charge is 0.216 e. The molecular formula is C14H12N4S2. The van der Waals surface area contributed by atoms with E-state index in [0.29, 0.717) is 4.77 Å². The molecule has 0 aliphatic rings. The quantitative estimate of drug-likeness (QED) is 0.590. The van der Waals surface area contributed by atoms with Gasteiger partial charge < -0.3 is 0 Å². The molecule has 0 saturated carbocycles. The lowest BCUT2D eigenvalue weighted by atomic mass is 10.2. The fourth-order valence-electron chi connectivity index (χ4n) is 1.80. The molecule has 0 amide bonds. The molecule has 1 aromatic carbocycles. The van der Waals surface area contributed by atoms with Gasteiger partial charge in [-0.05, 0) is 36.8 Å². The molecule has 2 aromatic heterocycles. The molecule has 0 aliphatic heterocycles. The van der Waals surface area contributed by atoms with Gasteiger partial charge in [0.1, 0.15) is 5.82 Å². The minimum Gasteiger partial charge on any atom is -0.250 e. The standard InChI is InChI=1S/C14H12N4S2/c1-10-16-17-14(19)18(10)15-9-12-7-8-13(20-12)11-5-3-2-4-6-11/h2-9H,1H3,(H,17,19)/b15-9-. The number of benzene rings is 1. The highest BCUT2D eigenvalue weighted by molar-refractivity contribution is 7.71. The Morgan fingerprint density at radius 3 is 2.75 bits per heavy atom. The van der Waals surface area contributed by atoms with E-state index in [1.807, 2.05) is 25.1 Å². The molecule has 1 N–H and O–H groups in total. The number of aryl methyl sites for hydroxylation is 1. The highest BCUT2D eigenvalue weighted by atomic mass is 32.1. The van der Waals surface area contributed by atoms with Crippen LogP contribution in [0.25, 0.3) is 10.4 Å². The molecule has 0 bridgehead atoms. The van der Waals surface area contributed by atoms with Crippen molar-refractivity contribution in [2.75, 3.05) is 0 Å². The van der Waals surface area contributed by atoms with E-state index in [9.17, 15) is 0 Å². The summed E-state index contributed by atoms with van der Waals surface area (Å²) in [4.78, 5) is 2.30. The van der Waals surface area contributed by atoms with Crippen molar-refractivity contribution < 1.29 is 0 Å². The van der Waals surface area contributed by atoms with Crippen LogP contribution in [0.5, 0.6) is 0 Å². The molecule has 0 unspecified atom stereocenters. The van der Waals surface area contributed by atoms with E-state index in [0.717, 1.165) is 10.7 Å². The maximum Gasteiger partial charge on any atom is 0.216 e. The van der Waals surface area contributed by atoms with Gasteiger partial charge in [0, 0.05) is 9.75 Å². The van der Waals surface area contributed by atoms with Gasteiger partial charge in [0.05, 0.1) is 6.21 Å². The van der Waals surface area contributed by atoms with E-state index in [-0.39, 0.29) is 0 Å². The molecule has 0 aliphatic carbocycles. The van der Waals surface area contributed by atoms with E-state index >= 15 is 0 Å². The second-order valence-corrected chi connectivity index (χ2v) is 5.70. The first-order chi connectivity index (χ1) is 9.74. The van der Waals surface area contributed by atoms with Gasteiger partial charge >= 0.3 is 0 Å². The van der Waals surface area contributed by atoms with Gasteiger partial charge in [0.15, 0.2) is 0 Å². The van der Waals surface area contributed by atoms with Crippen molar-refractivity contribution in [3.63, 3.8) is 0 Å². The fraction of sp³-hybridized carbons (Fsp3) is 0.0714. The zero-order chi connectivity index (χ0) is 13.9. The molecule has 6 heteroatoms. The van der Waals surface area contributed by atoms with Crippen molar-refractivity contribution in [1.82, 2.24) is 14.9 Å². The normalized spacial score (nSPS) is 11.2. The molecular weight excluding hydrogens is 288 g/mol. The van der Waals surface area contributed by atoms with Gasteiger partial charge in [-0.1, -0.05) is 30.3 Å². The van der Waals surface area contributed by atoms with Crippen LogP contribution in [0.1, 0.15) is 10.7 Å². The lowest BCUT2D eigenvalue weighted by molar-refractivity contribution is 0.821. The number of hydrogen-bond acceptors (Lipinski definition) is 4. The van der Waals surface area contributed by atoms with Crippen LogP contribution in [-0.2, 0) is 0 Å². The first kappa shape index (κ1) is 13.0. The van der Waals surface area contributed by atoms with Crippen LogP contribution in [0.15, 0.2) is 47.6 Å². The van der Waals surface area contributed by atoms with Gasteiger partial charge in [-0.25, -0.2) is 0 Å². The number of nitrogens with zero attached hydrogens (tertiary/aromatic N) is 3. The van der Waals surface area contributed by atoms with Crippen molar-refractivity contribution >= 4 is 29.8 Å². The first-order valence-corrected chi connectivity index (χ1v) is 7.30. The number of aromatic amines is 1. The van der Waals surface area contributed by atoms with Crippen molar-refractivity contribution in [3.05, 3.63) is 57.9 Å². The molecule has 3 aromatic rings. The average Bonchev–Trinajstić information content (AvgIpc) is 3.06. The summed E-state index contributed by atoms with van der Waals surface area (Å²) in [6, 6.07) is 14.4. The predicted octanol–water partition coefficient (Wildman–Crippen LogP) is 3.86. The number of H-pyrrole nitrogens is 1. The highest BCUT2D eigenvalue weighted by Gasteiger charge is 2.01. The van der Waals surface area contributed by atoms with Crippen LogP contribution in [0.2, 0.25) is 0 Å². The Morgan fingerprint density at radius 2 is 2.05 bits per heavy atom. The van der Waals surface area contributed by atoms with Gasteiger partial charge in [-0.2, -0.15) is 14.9 Å². The SMILES string of the molecule is Cc1n[nH]c(=S)n1/N=C\c1ccc(-c2ccccc2)s1. The third-order valence-corrected chi connectivity index (χ3v) is 4.13. The fourth-order valence-corrected chi connectivity index (χ4v) is 2.91. The molecule has 0 spiro atoms. The Morgan fingerprint density at radius 1 is 1.25 bits per heavy atom. The largest absolute Gasteiger partial charge is 0.250 e. The zero-order valence-corrected chi connectivity index (χ0v) is 12.4. The van der Waals surface area contributed by atoms with Crippen LogP contribution in [0.3, 0.4) is 0 Å². The number of rotatable bonds is 3. The van der Waals surface area contributed by atoms with Crippen molar-refractivity contribution in [1.29, 1.82) is 0 Å². The summed E-state index contributed by atoms with van der Waals surface area (Å²) in [5.41, 5.74) is 1.22. The van der Waals surface area contributed by atoms with E-state index < -0.39 is 0 Å². The highest BCUT2D eigenvalue weighted by Crippen LogP contribution is 2.26. The van der Waals surface area contributed by atoms with E-state index in [4.69, 9.17) is 12.2 Å². The summed E-state index contributed by atoms with van der Waals surface area (Å²) in [7, 11) is 0. The molecule has 0 saturated heterocycles. The predicted molar refractivity (Wildman–Crippen MR) is 84.9 cm³/mol. The number of thiophene rings is 1. The summed E-state index contributed by atoms with van der Waals surface area (Å²) in [6.45, 7) is 1.85. The van der Waals surface area contributed by atoms with Crippen LogP contribution in [-0.4, -0.2) is 21.1 Å². The molecule has 4 nitrogen and oxygen atoms in total. The van der Waals surface area contributed by atoms with Gasteiger partial charge in [0.2, 0.25) is 4.77 Å². The maximum absolute atomic E-state index is 5.10. The third-order valence-electron chi connectivity index (χ3n) is 2.80. The molecule has 20 heavy (non-hydrogen) atoms.